The molecule has 4 heteroatoms. The Labute approximate surface area is 131 Å². The smallest absolute Gasteiger partial charge is 0.1000 e. The van der Waals surface area contributed by atoms with E-state index in [-0.39, 0.29) is 0 Å². The highest BCUT2D eigenvalue weighted by atomic mass is 35.5. The van der Waals surface area contributed by atoms with Crippen LogP contribution in [0.25, 0.3) is 32.9 Å². The molecule has 2 nitrogen and oxygen atoms in total. The van der Waals surface area contributed by atoms with Crippen molar-refractivity contribution in [1.29, 1.82) is 0 Å². The normalized spacial score (nSPS) is 11.3. The average molecular weight is 313 g/mol. The molecular weight excluding hydrogens is 303 g/mol. The summed E-state index contributed by atoms with van der Waals surface area (Å²) in [5, 5.41) is 12.1. The Kier molecular flexibility index (Phi) is 2.88. The second kappa shape index (κ2) is 4.76. The van der Waals surface area contributed by atoms with E-state index < -0.39 is 0 Å². The third-order valence-electron chi connectivity index (χ3n) is 3.62. The lowest BCUT2D eigenvalue weighted by molar-refractivity contribution is 1.12. The molecule has 1 heterocycles. The number of nitrogens with zero attached hydrogens (tertiary/aromatic N) is 1. The van der Waals surface area contributed by atoms with Crippen molar-refractivity contribution in [2.24, 2.45) is 0 Å². The van der Waals surface area contributed by atoms with Crippen molar-refractivity contribution in [3.63, 3.8) is 0 Å². The highest BCUT2D eigenvalue weighted by molar-refractivity contribution is 6.42. The molecule has 0 atom stereocenters. The lowest BCUT2D eigenvalue weighted by Crippen LogP contribution is -1.80. The molecule has 0 saturated heterocycles. The summed E-state index contributed by atoms with van der Waals surface area (Å²) >= 11 is 12.1. The number of halogens is 2. The van der Waals surface area contributed by atoms with Crippen LogP contribution in [-0.2, 0) is 0 Å². The zero-order chi connectivity index (χ0) is 14.4. The van der Waals surface area contributed by atoms with Gasteiger partial charge in [-0.2, -0.15) is 5.10 Å². The summed E-state index contributed by atoms with van der Waals surface area (Å²) in [5.41, 5.74) is 2.84. The van der Waals surface area contributed by atoms with Crippen LogP contribution in [0.5, 0.6) is 0 Å². The number of rotatable bonds is 1. The van der Waals surface area contributed by atoms with E-state index in [9.17, 15) is 0 Å². The van der Waals surface area contributed by atoms with Gasteiger partial charge in [0.2, 0.25) is 0 Å². The first-order valence-electron chi connectivity index (χ1n) is 6.55. The number of fused-ring (bicyclic) bond motifs is 2. The maximum atomic E-state index is 6.11. The van der Waals surface area contributed by atoms with Crippen molar-refractivity contribution >= 4 is 44.9 Å². The molecule has 3 aromatic carbocycles. The quantitative estimate of drug-likeness (QED) is 0.480. The Balaban J connectivity index is 2.00. The number of aromatic amines is 1. The van der Waals surface area contributed by atoms with Crippen LogP contribution in [0.2, 0.25) is 10.0 Å². The first kappa shape index (κ1) is 12.7. The number of hydrogen-bond acceptors (Lipinski definition) is 1. The van der Waals surface area contributed by atoms with Crippen LogP contribution in [0, 0.1) is 0 Å². The van der Waals surface area contributed by atoms with Crippen LogP contribution in [-0.4, -0.2) is 10.2 Å². The van der Waals surface area contributed by atoms with Crippen LogP contribution in [0.4, 0.5) is 0 Å². The standard InChI is InChI=1S/C17H10Cl2N2/c18-14-6-5-12(8-15(14)19)17-13-7-10-3-1-2-4-11(10)9-16(13)20-21-17/h1-9H,(H,20,21). The number of hydrogen-bond donors (Lipinski definition) is 1. The third kappa shape index (κ3) is 2.08. The van der Waals surface area contributed by atoms with E-state index in [0.29, 0.717) is 10.0 Å². The van der Waals surface area contributed by atoms with Gasteiger partial charge in [0.15, 0.2) is 0 Å². The predicted molar refractivity (Wildman–Crippen MR) is 89.1 cm³/mol. The minimum Gasteiger partial charge on any atom is -0.277 e. The molecular formula is C17H10Cl2N2. The Bertz CT molecular complexity index is 973. The van der Waals surface area contributed by atoms with Gasteiger partial charge in [-0.1, -0.05) is 53.5 Å². The molecule has 0 fully saturated rings. The zero-order valence-corrected chi connectivity index (χ0v) is 12.4. The van der Waals surface area contributed by atoms with Crippen molar-refractivity contribution in [1.82, 2.24) is 10.2 Å². The monoisotopic (exact) mass is 312 g/mol. The fourth-order valence-corrected chi connectivity index (χ4v) is 2.87. The van der Waals surface area contributed by atoms with Crippen molar-refractivity contribution in [3.8, 4) is 11.3 Å². The van der Waals surface area contributed by atoms with Gasteiger partial charge in [0.1, 0.15) is 0 Å². The summed E-state index contributed by atoms with van der Waals surface area (Å²) in [4.78, 5) is 0. The molecule has 0 unspecified atom stereocenters. The van der Waals surface area contributed by atoms with Crippen molar-refractivity contribution in [2.75, 3.05) is 0 Å². The maximum Gasteiger partial charge on any atom is 0.1000 e. The van der Waals surface area contributed by atoms with E-state index in [1.54, 1.807) is 6.07 Å². The van der Waals surface area contributed by atoms with Crippen molar-refractivity contribution < 1.29 is 0 Å². The molecule has 0 aliphatic heterocycles. The topological polar surface area (TPSA) is 28.7 Å². The van der Waals surface area contributed by atoms with Gasteiger partial charge < -0.3 is 0 Å². The van der Waals surface area contributed by atoms with E-state index in [1.165, 1.54) is 10.8 Å². The van der Waals surface area contributed by atoms with E-state index >= 15 is 0 Å². The highest BCUT2D eigenvalue weighted by Gasteiger charge is 2.10. The maximum absolute atomic E-state index is 6.11. The molecule has 0 saturated carbocycles. The van der Waals surface area contributed by atoms with E-state index in [2.05, 4.69) is 34.5 Å². The van der Waals surface area contributed by atoms with Gasteiger partial charge in [-0.05, 0) is 35.0 Å². The lowest BCUT2D eigenvalue weighted by Gasteiger charge is -2.02. The van der Waals surface area contributed by atoms with Gasteiger partial charge in [0, 0.05) is 10.9 Å². The Hall–Kier alpha value is -2.03. The van der Waals surface area contributed by atoms with Gasteiger partial charge in [0.25, 0.3) is 0 Å². The summed E-state index contributed by atoms with van der Waals surface area (Å²) in [6.45, 7) is 0. The molecule has 4 aromatic rings. The van der Waals surface area contributed by atoms with Crippen LogP contribution >= 0.6 is 23.2 Å². The number of aromatic nitrogens is 2. The first-order chi connectivity index (χ1) is 10.2. The fourth-order valence-electron chi connectivity index (χ4n) is 2.57. The highest BCUT2D eigenvalue weighted by Crippen LogP contribution is 2.33. The van der Waals surface area contributed by atoms with Gasteiger partial charge in [-0.25, -0.2) is 0 Å². The molecule has 0 radical (unpaired) electrons. The molecule has 1 N–H and O–H groups in total. The molecule has 0 bridgehead atoms. The summed E-state index contributed by atoms with van der Waals surface area (Å²) in [6, 6.07) is 18.1. The lowest BCUT2D eigenvalue weighted by atomic mass is 10.0. The second-order valence-electron chi connectivity index (χ2n) is 4.95. The van der Waals surface area contributed by atoms with E-state index in [1.807, 2.05) is 24.3 Å². The minimum atomic E-state index is 0.533. The second-order valence-corrected chi connectivity index (χ2v) is 5.76. The van der Waals surface area contributed by atoms with Gasteiger partial charge >= 0.3 is 0 Å². The Morgan fingerprint density at radius 3 is 2.33 bits per heavy atom. The fraction of sp³-hybridized carbons (Fsp3) is 0. The largest absolute Gasteiger partial charge is 0.277 e. The van der Waals surface area contributed by atoms with Crippen LogP contribution in [0.1, 0.15) is 0 Å². The molecule has 4 rings (SSSR count). The first-order valence-corrected chi connectivity index (χ1v) is 7.30. The van der Waals surface area contributed by atoms with Crippen molar-refractivity contribution in [2.45, 2.75) is 0 Å². The molecule has 102 valence electrons. The Morgan fingerprint density at radius 1 is 0.810 bits per heavy atom. The number of nitrogens with one attached hydrogen (secondary N) is 1. The van der Waals surface area contributed by atoms with Gasteiger partial charge in [0.05, 0.1) is 21.3 Å². The van der Waals surface area contributed by atoms with Crippen LogP contribution in [0.15, 0.2) is 54.6 Å². The van der Waals surface area contributed by atoms with E-state index in [0.717, 1.165) is 22.2 Å². The molecule has 0 spiro atoms. The van der Waals surface area contributed by atoms with Crippen LogP contribution in [0.3, 0.4) is 0 Å². The molecule has 0 amide bonds. The molecule has 21 heavy (non-hydrogen) atoms. The Morgan fingerprint density at radius 2 is 1.57 bits per heavy atom. The summed E-state index contributed by atoms with van der Waals surface area (Å²) < 4.78 is 0. The average Bonchev–Trinajstić information content (AvgIpc) is 2.90. The summed E-state index contributed by atoms with van der Waals surface area (Å²) in [6.07, 6.45) is 0. The molecule has 0 aliphatic carbocycles. The SMILES string of the molecule is Clc1ccc(-c2n[nH]c3cc4ccccc4cc23)cc1Cl. The van der Waals surface area contributed by atoms with Crippen LogP contribution < -0.4 is 0 Å². The predicted octanol–water partition coefficient (Wildman–Crippen LogP) is 5.69. The summed E-state index contributed by atoms with van der Waals surface area (Å²) in [5.74, 6) is 0. The number of benzene rings is 3. The molecule has 1 aromatic heterocycles. The minimum absolute atomic E-state index is 0.533. The van der Waals surface area contributed by atoms with Crippen molar-refractivity contribution in [3.05, 3.63) is 64.6 Å². The van der Waals surface area contributed by atoms with Gasteiger partial charge in [-0.15, -0.1) is 0 Å². The van der Waals surface area contributed by atoms with E-state index in [4.69, 9.17) is 23.2 Å². The zero-order valence-electron chi connectivity index (χ0n) is 10.9. The van der Waals surface area contributed by atoms with Gasteiger partial charge in [-0.3, -0.25) is 5.10 Å². The third-order valence-corrected chi connectivity index (χ3v) is 4.36. The number of H-pyrrole nitrogens is 1. The molecule has 0 aliphatic rings. The summed E-state index contributed by atoms with van der Waals surface area (Å²) in [7, 11) is 0.